The third-order valence-electron chi connectivity index (χ3n) is 5.11. The molecule has 3 aromatic rings. The summed E-state index contributed by atoms with van der Waals surface area (Å²) in [5.74, 6) is -3.99. The van der Waals surface area contributed by atoms with E-state index in [4.69, 9.17) is 14.9 Å². The summed E-state index contributed by atoms with van der Waals surface area (Å²) in [4.78, 5) is 16.2. The Hall–Kier alpha value is -3.01. The minimum Gasteiger partial charge on any atom is -0.485 e. The molecule has 2 aromatic heterocycles. The number of nitrogens with two attached hydrogens (primary N) is 1. The van der Waals surface area contributed by atoms with Crippen LogP contribution in [0.15, 0.2) is 22.9 Å². The summed E-state index contributed by atoms with van der Waals surface area (Å²) in [6.45, 7) is 1.54. The van der Waals surface area contributed by atoms with E-state index < -0.39 is 24.3 Å². The number of aromatic nitrogens is 3. The first-order valence-corrected chi connectivity index (χ1v) is 9.19. The number of aryl methyl sites for hydroxylation is 2. The molecule has 1 fully saturated rings. The van der Waals surface area contributed by atoms with Crippen LogP contribution < -0.4 is 15.8 Å². The summed E-state index contributed by atoms with van der Waals surface area (Å²) in [7, 11) is 1.72. The molecule has 0 saturated carbocycles. The summed E-state index contributed by atoms with van der Waals surface area (Å²) in [5.41, 5.74) is 6.20. The predicted molar refractivity (Wildman–Crippen MR) is 100.0 cm³/mol. The molecule has 154 valence electrons. The number of fused-ring (bicyclic) bond motifs is 1. The van der Waals surface area contributed by atoms with E-state index in [0.29, 0.717) is 18.0 Å². The van der Waals surface area contributed by atoms with Gasteiger partial charge < -0.3 is 20.2 Å². The average Bonchev–Trinajstić information content (AvgIpc) is 3.21. The lowest BCUT2D eigenvalue weighted by Crippen LogP contribution is -2.44. The zero-order chi connectivity index (χ0) is 20.8. The molecule has 4 rings (SSSR count). The number of hydrogen-bond acceptors (Lipinski definition) is 6. The van der Waals surface area contributed by atoms with Crippen molar-refractivity contribution < 1.29 is 22.7 Å². The fraction of sp³-hybridized carbons (Fsp3) is 0.421. The lowest BCUT2D eigenvalue weighted by atomic mass is 9.83. The maximum atomic E-state index is 14.9. The standard InChI is InChI=1S/C19H21F2N5O3/c1-10-15(18(22)27)17-13(29-10)4-3-12(28-7-14-24-9-26(2)25-14)16(17)11-5-6-23-8-19(11,20)21/h3-4,9,11,23H,5-8H2,1-2H3,(H2,22,27). The summed E-state index contributed by atoms with van der Waals surface area (Å²) in [6.07, 6.45) is 1.70. The third-order valence-corrected chi connectivity index (χ3v) is 5.11. The summed E-state index contributed by atoms with van der Waals surface area (Å²) < 4.78 is 42.8. The molecule has 8 nitrogen and oxygen atoms in total. The van der Waals surface area contributed by atoms with Crippen LogP contribution in [-0.2, 0) is 13.7 Å². The van der Waals surface area contributed by atoms with Crippen LogP contribution in [0.5, 0.6) is 5.75 Å². The minimum atomic E-state index is -3.03. The van der Waals surface area contributed by atoms with Crippen molar-refractivity contribution in [2.45, 2.75) is 31.8 Å². The van der Waals surface area contributed by atoms with Crippen molar-refractivity contribution in [3.8, 4) is 5.75 Å². The molecule has 29 heavy (non-hydrogen) atoms. The molecule has 1 aliphatic rings. The molecule has 0 bridgehead atoms. The van der Waals surface area contributed by atoms with Gasteiger partial charge in [-0.25, -0.2) is 13.8 Å². The number of carbonyl (C=O) groups is 1. The molecule has 1 saturated heterocycles. The van der Waals surface area contributed by atoms with Crippen molar-refractivity contribution in [3.63, 3.8) is 0 Å². The van der Waals surface area contributed by atoms with Crippen LogP contribution in [-0.4, -0.2) is 39.7 Å². The smallest absolute Gasteiger partial charge is 0.267 e. The molecular weight excluding hydrogens is 384 g/mol. The van der Waals surface area contributed by atoms with Gasteiger partial charge in [-0.2, -0.15) is 5.10 Å². The van der Waals surface area contributed by atoms with Crippen LogP contribution in [0.25, 0.3) is 11.0 Å². The lowest BCUT2D eigenvalue weighted by Gasteiger charge is -2.33. The Kier molecular flexibility index (Phi) is 4.73. The molecule has 1 aromatic carbocycles. The van der Waals surface area contributed by atoms with Crippen molar-refractivity contribution in [2.24, 2.45) is 12.8 Å². The van der Waals surface area contributed by atoms with Crippen LogP contribution in [0.1, 0.15) is 39.8 Å². The van der Waals surface area contributed by atoms with Gasteiger partial charge in [0, 0.05) is 18.0 Å². The second kappa shape index (κ2) is 7.11. The number of primary amides is 1. The molecule has 10 heteroatoms. The molecule has 1 aliphatic heterocycles. The molecule has 3 heterocycles. The quantitative estimate of drug-likeness (QED) is 0.674. The minimum absolute atomic E-state index is 0.00136. The number of piperidine rings is 1. The van der Waals surface area contributed by atoms with E-state index >= 15 is 0 Å². The van der Waals surface area contributed by atoms with Crippen molar-refractivity contribution in [2.75, 3.05) is 13.1 Å². The number of halogens is 2. The SMILES string of the molecule is Cc1oc2ccc(OCc3ncn(C)n3)c(C3CCNCC3(F)F)c2c1C(N)=O. The summed E-state index contributed by atoms with van der Waals surface area (Å²) in [5, 5.41) is 7.14. The fourth-order valence-corrected chi connectivity index (χ4v) is 3.87. The second-order valence-corrected chi connectivity index (χ2v) is 7.15. The van der Waals surface area contributed by atoms with E-state index in [9.17, 15) is 13.6 Å². The average molecular weight is 405 g/mol. The molecule has 1 unspecified atom stereocenters. The first kappa shape index (κ1) is 19.3. The van der Waals surface area contributed by atoms with E-state index in [2.05, 4.69) is 15.4 Å². The Bertz CT molecular complexity index is 1080. The van der Waals surface area contributed by atoms with E-state index in [1.807, 2.05) is 0 Å². The number of carbonyl (C=O) groups excluding carboxylic acids is 1. The highest BCUT2D eigenvalue weighted by Crippen LogP contribution is 2.47. The van der Waals surface area contributed by atoms with Crippen LogP contribution in [0.2, 0.25) is 0 Å². The summed E-state index contributed by atoms with van der Waals surface area (Å²) >= 11 is 0. The van der Waals surface area contributed by atoms with E-state index in [0.717, 1.165) is 0 Å². The van der Waals surface area contributed by atoms with Gasteiger partial charge in [-0.05, 0) is 32.0 Å². The monoisotopic (exact) mass is 405 g/mol. The van der Waals surface area contributed by atoms with Crippen LogP contribution >= 0.6 is 0 Å². The second-order valence-electron chi connectivity index (χ2n) is 7.15. The van der Waals surface area contributed by atoms with Crippen LogP contribution in [0, 0.1) is 6.92 Å². The maximum Gasteiger partial charge on any atom is 0.267 e. The maximum absolute atomic E-state index is 14.9. The van der Waals surface area contributed by atoms with Gasteiger partial charge in [-0.1, -0.05) is 0 Å². The Morgan fingerprint density at radius 1 is 1.48 bits per heavy atom. The van der Waals surface area contributed by atoms with Gasteiger partial charge in [-0.15, -0.1) is 0 Å². The van der Waals surface area contributed by atoms with Gasteiger partial charge in [0.1, 0.15) is 30.0 Å². The van der Waals surface area contributed by atoms with Gasteiger partial charge in [0.2, 0.25) is 0 Å². The Morgan fingerprint density at radius 3 is 2.93 bits per heavy atom. The van der Waals surface area contributed by atoms with Crippen molar-refractivity contribution in [1.82, 2.24) is 20.1 Å². The van der Waals surface area contributed by atoms with Crippen molar-refractivity contribution in [3.05, 3.63) is 41.2 Å². The highest BCUT2D eigenvalue weighted by atomic mass is 19.3. The lowest BCUT2D eigenvalue weighted by molar-refractivity contribution is -0.0423. The molecule has 1 amide bonds. The van der Waals surface area contributed by atoms with E-state index in [-0.39, 0.29) is 41.1 Å². The van der Waals surface area contributed by atoms with E-state index in [1.54, 1.807) is 26.1 Å². The number of ether oxygens (including phenoxy) is 1. The van der Waals surface area contributed by atoms with Crippen LogP contribution in [0.4, 0.5) is 8.78 Å². The van der Waals surface area contributed by atoms with Gasteiger partial charge in [-0.3, -0.25) is 9.48 Å². The number of nitrogens with zero attached hydrogens (tertiary/aromatic N) is 3. The molecule has 1 atom stereocenters. The number of rotatable bonds is 5. The Balaban J connectivity index is 1.87. The van der Waals surface area contributed by atoms with Crippen molar-refractivity contribution in [1.29, 1.82) is 0 Å². The number of nitrogens with one attached hydrogen (secondary N) is 1. The number of furan rings is 1. The first-order chi connectivity index (χ1) is 13.8. The number of hydrogen-bond donors (Lipinski definition) is 2. The third kappa shape index (κ3) is 3.44. The highest BCUT2D eigenvalue weighted by molar-refractivity contribution is 6.08. The topological polar surface area (TPSA) is 108 Å². The molecule has 0 spiro atoms. The number of alkyl halides is 2. The zero-order valence-corrected chi connectivity index (χ0v) is 16.0. The largest absolute Gasteiger partial charge is 0.485 e. The highest BCUT2D eigenvalue weighted by Gasteiger charge is 2.45. The van der Waals surface area contributed by atoms with Crippen LogP contribution in [0.3, 0.4) is 0 Å². The Morgan fingerprint density at radius 2 is 2.28 bits per heavy atom. The van der Waals surface area contributed by atoms with Gasteiger partial charge in [0.15, 0.2) is 5.82 Å². The predicted octanol–water partition coefficient (Wildman–Crippen LogP) is 2.26. The van der Waals surface area contributed by atoms with E-state index in [1.165, 1.54) is 11.0 Å². The number of benzene rings is 1. The van der Waals surface area contributed by atoms with Crippen molar-refractivity contribution >= 4 is 16.9 Å². The van der Waals surface area contributed by atoms with Gasteiger partial charge in [0.05, 0.1) is 18.0 Å². The first-order valence-electron chi connectivity index (χ1n) is 9.19. The van der Waals surface area contributed by atoms with Gasteiger partial charge >= 0.3 is 0 Å². The molecular formula is C19H21F2N5O3. The molecule has 0 aliphatic carbocycles. The van der Waals surface area contributed by atoms with Gasteiger partial charge in [0.25, 0.3) is 11.8 Å². The number of amides is 1. The summed E-state index contributed by atoms with van der Waals surface area (Å²) in [6, 6.07) is 3.17. The molecule has 3 N–H and O–H groups in total. The Labute approximate surface area is 165 Å². The zero-order valence-electron chi connectivity index (χ0n) is 16.0. The molecule has 0 radical (unpaired) electrons. The normalized spacial score (nSPS) is 18.8. The fourth-order valence-electron chi connectivity index (χ4n) is 3.87.